The van der Waals surface area contributed by atoms with Gasteiger partial charge in [0.25, 0.3) is 0 Å². The maximum atomic E-state index is 14.6. The van der Waals surface area contributed by atoms with Gasteiger partial charge >= 0.3 is 24.0 Å². The fourth-order valence-corrected chi connectivity index (χ4v) is 10.7. The van der Waals surface area contributed by atoms with Gasteiger partial charge in [-0.3, -0.25) is 9.59 Å². The van der Waals surface area contributed by atoms with E-state index >= 15 is 0 Å². The Balaban J connectivity index is 0.916. The van der Waals surface area contributed by atoms with Crippen LogP contribution in [0.1, 0.15) is 71.8 Å². The minimum absolute atomic E-state index is 0.00259. The summed E-state index contributed by atoms with van der Waals surface area (Å²) in [4.78, 5) is 53.4. The molecule has 6 fully saturated rings. The van der Waals surface area contributed by atoms with E-state index in [1.54, 1.807) is 30.3 Å². The molecule has 5 aromatic rings. The van der Waals surface area contributed by atoms with E-state index in [-0.39, 0.29) is 51.6 Å². The molecule has 6 aliphatic heterocycles. The van der Waals surface area contributed by atoms with Crippen molar-refractivity contribution in [1.29, 1.82) is 0 Å². The van der Waals surface area contributed by atoms with Crippen molar-refractivity contribution >= 4 is 24.0 Å². The number of aliphatic hydroxyl groups is 1. The van der Waals surface area contributed by atoms with Crippen LogP contribution in [0.5, 0.6) is 0 Å². The molecule has 6 aliphatic rings. The Hall–Kier alpha value is -6.74. The van der Waals surface area contributed by atoms with Crippen molar-refractivity contribution in [3.63, 3.8) is 0 Å². The van der Waals surface area contributed by atoms with Crippen LogP contribution in [0.15, 0.2) is 152 Å². The minimum atomic E-state index is -1.65. The Morgan fingerprint density at radius 1 is 0.494 bits per heavy atom. The lowest BCUT2D eigenvalue weighted by Gasteiger charge is -2.53. The maximum absolute atomic E-state index is 14.6. The molecule has 6 heterocycles. The molecule has 6 saturated heterocycles. The highest BCUT2D eigenvalue weighted by Crippen LogP contribution is 2.44. The summed E-state index contributed by atoms with van der Waals surface area (Å²) in [5.74, 6) is -2.33. The second-order valence-corrected chi connectivity index (χ2v) is 20.4. The fourth-order valence-electron chi connectivity index (χ4n) is 10.7. The molecule has 18 atom stereocenters. The number of aliphatic hydroxyl groups excluding tert-OH is 1. The first-order valence-electron chi connectivity index (χ1n) is 27.6. The Labute approximate surface area is 478 Å². The number of benzene rings is 5. The summed E-state index contributed by atoms with van der Waals surface area (Å²) in [5, 5.41) is 15.2. The zero-order valence-corrected chi connectivity index (χ0v) is 45.4. The highest BCUT2D eigenvalue weighted by atomic mass is 16.8. The first-order chi connectivity index (χ1) is 40.5. The Bertz CT molecular complexity index is 2900. The van der Waals surface area contributed by atoms with E-state index in [0.29, 0.717) is 16.7 Å². The van der Waals surface area contributed by atoms with Gasteiger partial charge in [-0.05, 0) is 24.1 Å². The van der Waals surface area contributed by atoms with E-state index in [1.165, 1.54) is 13.8 Å². The molecule has 0 radical (unpaired) electrons. The maximum Gasteiger partial charge on any atom is 0.407 e. The van der Waals surface area contributed by atoms with Crippen LogP contribution in [-0.4, -0.2) is 154 Å². The van der Waals surface area contributed by atoms with Crippen LogP contribution in [-0.2, 0) is 92.0 Å². The molecular formula is C61H65NO21. The summed E-state index contributed by atoms with van der Waals surface area (Å²) in [6.07, 6.45) is -23.0. The summed E-state index contributed by atoms with van der Waals surface area (Å²) in [5.41, 5.74) is 2.96. The first-order valence-corrected chi connectivity index (χ1v) is 27.6. The fraction of sp³-hybridized carbons (Fsp3) is 0.443. The molecule has 0 aromatic heterocycles. The van der Waals surface area contributed by atoms with Gasteiger partial charge in [-0.15, -0.1) is 0 Å². The van der Waals surface area contributed by atoms with Crippen LogP contribution >= 0.6 is 0 Å². The molecule has 22 nitrogen and oxygen atoms in total. The third-order valence-electron chi connectivity index (χ3n) is 14.6. The van der Waals surface area contributed by atoms with Crippen LogP contribution in [0.2, 0.25) is 0 Å². The van der Waals surface area contributed by atoms with Crippen molar-refractivity contribution in [3.8, 4) is 0 Å². The van der Waals surface area contributed by atoms with Crippen LogP contribution in [0.3, 0.4) is 0 Å². The lowest BCUT2D eigenvalue weighted by Crippen LogP contribution is -2.70. The second-order valence-electron chi connectivity index (χ2n) is 20.4. The van der Waals surface area contributed by atoms with Gasteiger partial charge in [0.2, 0.25) is 0 Å². The van der Waals surface area contributed by atoms with Crippen LogP contribution < -0.4 is 5.32 Å². The summed E-state index contributed by atoms with van der Waals surface area (Å²) >= 11 is 0. The molecule has 83 heavy (non-hydrogen) atoms. The van der Waals surface area contributed by atoms with E-state index in [9.17, 15) is 24.3 Å². The molecule has 4 unspecified atom stereocenters. The lowest BCUT2D eigenvalue weighted by atomic mass is 9.94. The average Bonchev–Trinajstić information content (AvgIpc) is 3.59. The molecule has 0 bridgehead atoms. The number of amides is 1. The lowest BCUT2D eigenvalue weighted by molar-refractivity contribution is -0.420. The second kappa shape index (κ2) is 27.3. The van der Waals surface area contributed by atoms with E-state index < -0.39 is 135 Å². The highest BCUT2D eigenvalue weighted by Gasteiger charge is 2.61. The van der Waals surface area contributed by atoms with E-state index in [0.717, 1.165) is 5.56 Å². The van der Waals surface area contributed by atoms with Gasteiger partial charge in [0.05, 0.1) is 32.0 Å². The van der Waals surface area contributed by atoms with Gasteiger partial charge in [0.15, 0.2) is 56.1 Å². The summed E-state index contributed by atoms with van der Waals surface area (Å²) in [7, 11) is 0. The van der Waals surface area contributed by atoms with Gasteiger partial charge in [-0.1, -0.05) is 140 Å². The van der Waals surface area contributed by atoms with Gasteiger partial charge < -0.3 is 86.2 Å². The van der Waals surface area contributed by atoms with E-state index in [1.807, 2.05) is 121 Å². The van der Waals surface area contributed by atoms with Crippen LogP contribution in [0.4, 0.5) is 4.79 Å². The number of carbonyl (C=O) groups is 4. The van der Waals surface area contributed by atoms with Crippen LogP contribution in [0.25, 0.3) is 0 Å². The quantitative estimate of drug-likeness (QED) is 0.0575. The molecule has 5 aromatic carbocycles. The molecule has 0 spiro atoms. The first kappa shape index (κ1) is 58.1. The Morgan fingerprint density at radius 2 is 0.916 bits per heavy atom. The predicted molar refractivity (Wildman–Crippen MR) is 284 cm³/mol. The topological polar surface area (TPSA) is 248 Å². The largest absolute Gasteiger partial charge is 0.455 e. The monoisotopic (exact) mass is 1150 g/mol. The summed E-state index contributed by atoms with van der Waals surface area (Å²) in [6.45, 7) is 2.38. The number of hydrogen-bond donors (Lipinski definition) is 2. The number of fused-ring (bicyclic) bond motifs is 3. The van der Waals surface area contributed by atoms with Gasteiger partial charge in [0.1, 0.15) is 61.5 Å². The molecule has 0 saturated carbocycles. The number of nitrogens with one attached hydrogen (secondary N) is 1. The normalized spacial score (nSPS) is 33.0. The molecule has 22 heteroatoms. The average molecular weight is 1150 g/mol. The van der Waals surface area contributed by atoms with Crippen molar-refractivity contribution < 1.29 is 100 Å². The van der Waals surface area contributed by atoms with Crippen molar-refractivity contribution in [2.45, 2.75) is 138 Å². The molecule has 2 N–H and O–H groups in total. The van der Waals surface area contributed by atoms with Gasteiger partial charge in [-0.2, -0.15) is 0 Å². The smallest absolute Gasteiger partial charge is 0.407 e. The SMILES string of the molecule is CC(=O)O[C@H]1[C@@H]2OC(c3ccccc3)OC[C@H]2OC(O[C@@H]2[C@@H](OC(=O)c3ccccc3)[C@H](O[C@@H]3[C@@H](O)[C@H](OCCCNC(=O)OCc4ccccc4)O[C@@H]4COC(c5ccccc5)O[C@@H]34)O[C@@H]3COC(c4ccccc4)O[C@@H]23)[C@@H]1OC(C)=O. The number of ether oxygens (including phenoxy) is 16. The zero-order chi connectivity index (χ0) is 57.2. The molecular weight excluding hydrogens is 1080 g/mol. The number of esters is 3. The Morgan fingerprint density at radius 3 is 1.42 bits per heavy atom. The third kappa shape index (κ3) is 14.1. The summed E-state index contributed by atoms with van der Waals surface area (Å²) < 4.78 is 103. The van der Waals surface area contributed by atoms with Crippen molar-refractivity contribution in [1.82, 2.24) is 5.32 Å². The summed E-state index contributed by atoms with van der Waals surface area (Å²) in [6, 6.07) is 44.8. The minimum Gasteiger partial charge on any atom is -0.455 e. The van der Waals surface area contributed by atoms with Crippen LogP contribution in [0, 0.1) is 0 Å². The number of rotatable bonds is 18. The molecule has 1 amide bonds. The zero-order valence-electron chi connectivity index (χ0n) is 45.4. The standard InChI is InChI=1S/C61H65NO21/c1-35(63)73-50-47-43(33-70-56(80-47)40-25-14-6-15-26-40)76-59(52(50)74-36(2)64)83-51-48-44(34-71-57(81-48)41-27-16-7-17-28-41)77-60(53(51)78-54(66)38-21-10-4-11-22-38)82-49-45(65)58(68-30-18-29-62-61(67)72-31-37-19-8-3-9-20-37)75-42-32-69-55(79-46(42)49)39-23-12-5-13-24-39/h3-17,19-28,42-53,55-60,65H,18,29-34H2,1-2H3,(H,62,67)/t42-,43-,44-,45-,46-,47-,48-,49-,50+,51+,52-,53-,55?,56?,57?,58-,59?,60+/m1/s1. The highest BCUT2D eigenvalue weighted by molar-refractivity contribution is 5.89. The van der Waals surface area contributed by atoms with Crippen molar-refractivity contribution in [2.75, 3.05) is 33.0 Å². The molecule has 440 valence electrons. The van der Waals surface area contributed by atoms with E-state index in [4.69, 9.17) is 75.8 Å². The van der Waals surface area contributed by atoms with Gasteiger partial charge in [0, 0.05) is 37.1 Å². The van der Waals surface area contributed by atoms with E-state index in [2.05, 4.69) is 5.32 Å². The molecule has 11 rings (SSSR count). The third-order valence-corrected chi connectivity index (χ3v) is 14.6. The Kier molecular flexibility index (Phi) is 19.1. The number of carbonyl (C=O) groups excluding carboxylic acids is 4. The number of hydrogen-bond acceptors (Lipinski definition) is 21. The van der Waals surface area contributed by atoms with Crippen molar-refractivity contribution in [2.24, 2.45) is 0 Å². The molecule has 0 aliphatic carbocycles. The predicted octanol–water partition coefficient (Wildman–Crippen LogP) is 6.06. The van der Waals surface area contributed by atoms with Gasteiger partial charge in [-0.25, -0.2) is 9.59 Å². The van der Waals surface area contributed by atoms with Crippen molar-refractivity contribution in [3.05, 3.63) is 179 Å². The number of alkyl carbamates (subject to hydrolysis) is 1.